The topological polar surface area (TPSA) is 72.9 Å². The SMILES string of the molecule is CCNC(Cn1c(C)nc(Br)c1Br)C(N)=O. The molecular formula is C9H14Br2N4O. The Balaban J connectivity index is 2.88. The maximum absolute atomic E-state index is 11.2. The normalized spacial score (nSPS) is 12.8. The zero-order valence-corrected chi connectivity index (χ0v) is 12.3. The molecule has 0 aliphatic rings. The number of carbonyl (C=O) groups excluding carboxylic acids is 1. The van der Waals surface area contributed by atoms with Crippen molar-refractivity contribution in [1.82, 2.24) is 14.9 Å². The number of amides is 1. The summed E-state index contributed by atoms with van der Waals surface area (Å²) in [5.41, 5.74) is 5.32. The number of primary amides is 1. The largest absolute Gasteiger partial charge is 0.368 e. The number of hydrogen-bond donors (Lipinski definition) is 2. The van der Waals surface area contributed by atoms with E-state index in [-0.39, 0.29) is 11.9 Å². The van der Waals surface area contributed by atoms with Gasteiger partial charge in [0.2, 0.25) is 5.91 Å². The summed E-state index contributed by atoms with van der Waals surface area (Å²) in [5, 5.41) is 3.03. The number of aryl methyl sites for hydroxylation is 1. The van der Waals surface area contributed by atoms with Crippen molar-refractivity contribution < 1.29 is 4.79 Å². The van der Waals surface area contributed by atoms with E-state index in [4.69, 9.17) is 5.73 Å². The average Bonchev–Trinajstić information content (AvgIpc) is 2.43. The Hall–Kier alpha value is -0.400. The third kappa shape index (κ3) is 3.05. The number of nitrogens with zero attached hydrogens (tertiary/aromatic N) is 2. The Bertz CT molecular complexity index is 391. The number of hydrogen-bond acceptors (Lipinski definition) is 3. The molecule has 0 aromatic carbocycles. The Morgan fingerprint density at radius 2 is 2.25 bits per heavy atom. The standard InChI is InChI=1S/C9H14Br2N4O/c1-3-13-6(9(12)16)4-15-5(2)14-7(10)8(15)11/h6,13H,3-4H2,1-2H3,(H2,12,16). The third-order valence-electron chi connectivity index (χ3n) is 2.22. The summed E-state index contributed by atoms with van der Waals surface area (Å²) in [6.45, 7) is 4.97. The molecular weight excluding hydrogens is 340 g/mol. The van der Waals surface area contributed by atoms with Crippen molar-refractivity contribution in [2.24, 2.45) is 5.73 Å². The van der Waals surface area contributed by atoms with Gasteiger partial charge in [0.05, 0.1) is 0 Å². The van der Waals surface area contributed by atoms with Gasteiger partial charge in [-0.3, -0.25) is 4.79 Å². The fraction of sp³-hybridized carbons (Fsp3) is 0.556. The van der Waals surface area contributed by atoms with Crippen LogP contribution >= 0.6 is 31.9 Å². The Morgan fingerprint density at radius 1 is 1.62 bits per heavy atom. The monoisotopic (exact) mass is 352 g/mol. The molecule has 1 aromatic rings. The minimum absolute atomic E-state index is 0.363. The molecule has 0 saturated carbocycles. The van der Waals surface area contributed by atoms with Crippen LogP contribution < -0.4 is 11.1 Å². The van der Waals surface area contributed by atoms with Gasteiger partial charge in [-0.2, -0.15) is 0 Å². The van der Waals surface area contributed by atoms with Crippen molar-refractivity contribution in [1.29, 1.82) is 0 Å². The van der Waals surface area contributed by atoms with E-state index in [2.05, 4.69) is 42.2 Å². The molecule has 5 nitrogen and oxygen atoms in total. The molecule has 0 aliphatic carbocycles. The van der Waals surface area contributed by atoms with Crippen LogP contribution in [0.2, 0.25) is 0 Å². The summed E-state index contributed by atoms with van der Waals surface area (Å²) in [7, 11) is 0. The Kier molecular flexibility index (Phi) is 4.94. The lowest BCUT2D eigenvalue weighted by Crippen LogP contribution is -2.44. The number of nitrogens with two attached hydrogens (primary N) is 1. The summed E-state index contributed by atoms with van der Waals surface area (Å²) in [6, 6.07) is -0.388. The molecule has 90 valence electrons. The van der Waals surface area contributed by atoms with Crippen LogP contribution in [-0.4, -0.2) is 28.0 Å². The van der Waals surface area contributed by atoms with Crippen molar-refractivity contribution in [2.75, 3.05) is 6.54 Å². The highest BCUT2D eigenvalue weighted by atomic mass is 79.9. The molecule has 0 bridgehead atoms. The lowest BCUT2D eigenvalue weighted by Gasteiger charge is -2.16. The van der Waals surface area contributed by atoms with Gasteiger partial charge in [-0.15, -0.1) is 0 Å². The molecule has 1 heterocycles. The van der Waals surface area contributed by atoms with Crippen LogP contribution in [0.5, 0.6) is 0 Å². The lowest BCUT2D eigenvalue weighted by molar-refractivity contribution is -0.120. The molecule has 1 aromatic heterocycles. The summed E-state index contributed by atoms with van der Waals surface area (Å²) in [6.07, 6.45) is 0. The summed E-state index contributed by atoms with van der Waals surface area (Å²) >= 11 is 6.72. The minimum atomic E-state index is -0.388. The van der Waals surface area contributed by atoms with Crippen molar-refractivity contribution in [2.45, 2.75) is 26.4 Å². The smallest absolute Gasteiger partial charge is 0.236 e. The van der Waals surface area contributed by atoms with Gasteiger partial charge in [0.15, 0.2) is 0 Å². The van der Waals surface area contributed by atoms with E-state index < -0.39 is 0 Å². The number of imidazole rings is 1. The first kappa shape index (κ1) is 13.7. The molecule has 0 radical (unpaired) electrons. The van der Waals surface area contributed by atoms with Gasteiger partial charge < -0.3 is 15.6 Å². The van der Waals surface area contributed by atoms with Gasteiger partial charge in [-0.05, 0) is 45.3 Å². The molecule has 3 N–H and O–H groups in total. The van der Waals surface area contributed by atoms with E-state index in [1.165, 1.54) is 0 Å². The summed E-state index contributed by atoms with van der Waals surface area (Å²) < 4.78 is 3.43. The van der Waals surface area contributed by atoms with Crippen molar-refractivity contribution in [3.05, 3.63) is 15.0 Å². The van der Waals surface area contributed by atoms with E-state index in [1.54, 1.807) is 0 Å². The number of likely N-dealkylation sites (N-methyl/N-ethyl adjacent to an activating group) is 1. The van der Waals surface area contributed by atoms with Gasteiger partial charge in [0.25, 0.3) is 0 Å². The van der Waals surface area contributed by atoms with E-state index >= 15 is 0 Å². The highest BCUT2D eigenvalue weighted by Crippen LogP contribution is 2.23. The molecule has 0 saturated heterocycles. The summed E-state index contributed by atoms with van der Waals surface area (Å²) in [4.78, 5) is 15.5. The maximum atomic E-state index is 11.2. The first-order valence-corrected chi connectivity index (χ1v) is 6.46. The molecule has 7 heteroatoms. The van der Waals surface area contributed by atoms with Crippen LogP contribution in [0.25, 0.3) is 0 Å². The van der Waals surface area contributed by atoms with Gasteiger partial charge >= 0.3 is 0 Å². The van der Waals surface area contributed by atoms with Gasteiger partial charge in [-0.25, -0.2) is 4.98 Å². The molecule has 0 fully saturated rings. The molecule has 1 atom stereocenters. The molecule has 1 unspecified atom stereocenters. The lowest BCUT2D eigenvalue weighted by atomic mass is 10.2. The minimum Gasteiger partial charge on any atom is -0.368 e. The number of nitrogens with one attached hydrogen (secondary N) is 1. The van der Waals surface area contributed by atoms with Crippen molar-refractivity contribution >= 4 is 37.8 Å². The first-order valence-electron chi connectivity index (χ1n) is 4.88. The highest BCUT2D eigenvalue weighted by Gasteiger charge is 2.18. The Morgan fingerprint density at radius 3 is 2.62 bits per heavy atom. The highest BCUT2D eigenvalue weighted by molar-refractivity contribution is 9.13. The molecule has 1 rings (SSSR count). The van der Waals surface area contributed by atoms with E-state index in [1.807, 2.05) is 18.4 Å². The fourth-order valence-corrected chi connectivity index (χ4v) is 2.36. The number of halogens is 2. The molecule has 0 aliphatic heterocycles. The van der Waals surface area contributed by atoms with Crippen LogP contribution in [0.15, 0.2) is 9.21 Å². The van der Waals surface area contributed by atoms with Crippen LogP contribution in [-0.2, 0) is 11.3 Å². The van der Waals surface area contributed by atoms with E-state index in [0.717, 1.165) is 15.0 Å². The molecule has 16 heavy (non-hydrogen) atoms. The number of aromatic nitrogens is 2. The fourth-order valence-electron chi connectivity index (χ4n) is 1.40. The second-order valence-electron chi connectivity index (χ2n) is 3.36. The first-order chi connectivity index (χ1) is 7.47. The predicted molar refractivity (Wildman–Crippen MR) is 69.0 cm³/mol. The van der Waals surface area contributed by atoms with Gasteiger partial charge in [-0.1, -0.05) is 6.92 Å². The molecule has 1 amide bonds. The van der Waals surface area contributed by atoms with E-state index in [0.29, 0.717) is 13.1 Å². The molecule has 0 spiro atoms. The second-order valence-corrected chi connectivity index (χ2v) is 4.87. The summed E-state index contributed by atoms with van der Waals surface area (Å²) in [5.74, 6) is 0.459. The number of rotatable bonds is 5. The van der Waals surface area contributed by atoms with Crippen molar-refractivity contribution in [3.63, 3.8) is 0 Å². The average molecular weight is 354 g/mol. The van der Waals surface area contributed by atoms with Crippen LogP contribution in [0.3, 0.4) is 0 Å². The quantitative estimate of drug-likeness (QED) is 0.834. The van der Waals surface area contributed by atoms with Crippen LogP contribution in [0.1, 0.15) is 12.7 Å². The second kappa shape index (κ2) is 5.79. The third-order valence-corrected chi connectivity index (χ3v) is 4.11. The number of carbonyl (C=O) groups is 1. The van der Waals surface area contributed by atoms with Gasteiger partial charge in [0, 0.05) is 6.54 Å². The maximum Gasteiger partial charge on any atom is 0.236 e. The van der Waals surface area contributed by atoms with Crippen LogP contribution in [0, 0.1) is 6.92 Å². The van der Waals surface area contributed by atoms with E-state index in [9.17, 15) is 4.79 Å². The van der Waals surface area contributed by atoms with Crippen molar-refractivity contribution in [3.8, 4) is 0 Å². The zero-order valence-electron chi connectivity index (χ0n) is 9.13. The van der Waals surface area contributed by atoms with Crippen LogP contribution in [0.4, 0.5) is 0 Å². The zero-order chi connectivity index (χ0) is 12.3. The Labute approximate surface area is 111 Å². The predicted octanol–water partition coefficient (Wildman–Crippen LogP) is 1.18. The van der Waals surface area contributed by atoms with Gasteiger partial charge in [0.1, 0.15) is 21.1 Å².